The summed E-state index contributed by atoms with van der Waals surface area (Å²) >= 11 is 0. The van der Waals surface area contributed by atoms with Crippen LogP contribution in [0.3, 0.4) is 0 Å². The van der Waals surface area contributed by atoms with Crippen molar-refractivity contribution < 1.29 is 8.91 Å². The van der Waals surface area contributed by atoms with Crippen LogP contribution in [0.15, 0.2) is 41.4 Å². The summed E-state index contributed by atoms with van der Waals surface area (Å²) in [5.74, 6) is 0.0742. The fourth-order valence-corrected chi connectivity index (χ4v) is 3.26. The van der Waals surface area contributed by atoms with E-state index in [0.29, 0.717) is 11.5 Å². The molecule has 0 unspecified atom stereocenters. The lowest BCUT2D eigenvalue weighted by Gasteiger charge is -2.30. The lowest BCUT2D eigenvalue weighted by Crippen LogP contribution is -2.32. The van der Waals surface area contributed by atoms with Gasteiger partial charge in [0.25, 0.3) is 0 Å². The van der Waals surface area contributed by atoms with E-state index in [4.69, 9.17) is 4.52 Å². The number of nitrogens with zero attached hydrogens (tertiary/aromatic N) is 4. The maximum Gasteiger partial charge on any atom is 0.170 e. The minimum Gasteiger partial charge on any atom is -0.356 e. The van der Waals surface area contributed by atoms with Crippen molar-refractivity contribution in [2.45, 2.75) is 25.3 Å². The largest absolute Gasteiger partial charge is 0.356 e. The van der Waals surface area contributed by atoms with Crippen LogP contribution in [0.5, 0.6) is 0 Å². The Labute approximate surface area is 133 Å². The smallest absolute Gasteiger partial charge is 0.170 e. The van der Waals surface area contributed by atoms with Crippen LogP contribution in [-0.4, -0.2) is 33.1 Å². The minimum atomic E-state index is -0.292. The maximum atomic E-state index is 13.2. The van der Waals surface area contributed by atoms with E-state index in [2.05, 4.69) is 20.0 Å². The summed E-state index contributed by atoms with van der Waals surface area (Å²) in [4.78, 5) is 10.5. The van der Waals surface area contributed by atoms with Crippen molar-refractivity contribution in [3.63, 3.8) is 0 Å². The standard InChI is InChI=1S/C17H17FN4O/c18-14-1-2-15-16(7-14)23-21-17(15)13-3-5-22(6-4-13)10-12-8-19-11-20-9-12/h1-2,7-9,11,13H,3-6,10H2. The van der Waals surface area contributed by atoms with Crippen LogP contribution in [0.25, 0.3) is 11.0 Å². The third-order valence-electron chi connectivity index (χ3n) is 4.46. The molecule has 0 saturated carbocycles. The Morgan fingerprint density at radius 3 is 2.74 bits per heavy atom. The van der Waals surface area contributed by atoms with Gasteiger partial charge in [-0.05, 0) is 38.1 Å². The number of hydrogen-bond acceptors (Lipinski definition) is 5. The third kappa shape index (κ3) is 2.94. The first-order valence-corrected chi connectivity index (χ1v) is 7.80. The molecule has 0 N–H and O–H groups in total. The molecule has 0 bridgehead atoms. The number of rotatable bonds is 3. The van der Waals surface area contributed by atoms with Gasteiger partial charge in [0.1, 0.15) is 12.1 Å². The van der Waals surface area contributed by atoms with Gasteiger partial charge in [-0.3, -0.25) is 4.90 Å². The van der Waals surface area contributed by atoms with E-state index >= 15 is 0 Å². The number of likely N-dealkylation sites (tertiary alicyclic amines) is 1. The molecule has 6 heteroatoms. The van der Waals surface area contributed by atoms with Crippen LogP contribution in [0.4, 0.5) is 4.39 Å². The van der Waals surface area contributed by atoms with Crippen LogP contribution >= 0.6 is 0 Å². The van der Waals surface area contributed by atoms with Gasteiger partial charge in [-0.15, -0.1) is 0 Å². The van der Waals surface area contributed by atoms with E-state index in [9.17, 15) is 4.39 Å². The Bertz CT molecular complexity index is 797. The Kier molecular flexibility index (Phi) is 3.75. The first kappa shape index (κ1) is 14.3. The highest BCUT2D eigenvalue weighted by molar-refractivity contribution is 5.79. The molecule has 1 aliphatic rings. The van der Waals surface area contributed by atoms with Crippen molar-refractivity contribution in [2.75, 3.05) is 13.1 Å². The SMILES string of the molecule is Fc1ccc2c(C3CCN(Cc4cncnc4)CC3)noc2c1. The Morgan fingerprint density at radius 2 is 1.96 bits per heavy atom. The summed E-state index contributed by atoms with van der Waals surface area (Å²) in [7, 11) is 0. The molecule has 118 valence electrons. The zero-order valence-corrected chi connectivity index (χ0v) is 12.7. The molecule has 3 aromatic rings. The summed E-state index contributed by atoms with van der Waals surface area (Å²) in [5.41, 5.74) is 2.62. The third-order valence-corrected chi connectivity index (χ3v) is 4.46. The zero-order valence-electron chi connectivity index (χ0n) is 12.7. The van der Waals surface area contributed by atoms with Gasteiger partial charge in [-0.25, -0.2) is 14.4 Å². The molecule has 1 fully saturated rings. The van der Waals surface area contributed by atoms with Gasteiger partial charge in [0, 0.05) is 41.9 Å². The molecule has 1 aromatic carbocycles. The molecule has 0 amide bonds. The minimum absolute atomic E-state index is 0.292. The van der Waals surface area contributed by atoms with Gasteiger partial charge in [0.05, 0.1) is 5.69 Å². The second kappa shape index (κ2) is 6.04. The first-order chi connectivity index (χ1) is 11.3. The number of benzene rings is 1. The second-order valence-corrected chi connectivity index (χ2v) is 6.01. The lowest BCUT2D eigenvalue weighted by molar-refractivity contribution is 0.201. The molecule has 4 rings (SSSR count). The molecule has 2 aromatic heterocycles. The molecule has 0 atom stereocenters. The molecule has 0 aliphatic carbocycles. The molecule has 1 aliphatic heterocycles. The normalized spacial score (nSPS) is 16.9. The number of hydrogen-bond donors (Lipinski definition) is 0. The molecule has 3 heterocycles. The predicted octanol–water partition coefficient (Wildman–Crippen LogP) is 3.14. The highest BCUT2D eigenvalue weighted by Gasteiger charge is 2.25. The highest BCUT2D eigenvalue weighted by atomic mass is 19.1. The summed E-state index contributed by atoms with van der Waals surface area (Å²) in [6, 6.07) is 4.63. The molecule has 23 heavy (non-hydrogen) atoms. The lowest BCUT2D eigenvalue weighted by atomic mass is 9.91. The van der Waals surface area contributed by atoms with Crippen molar-refractivity contribution in [3.05, 3.63) is 54.0 Å². The van der Waals surface area contributed by atoms with Crippen LogP contribution in [0, 0.1) is 5.82 Å². The summed E-state index contributed by atoms with van der Waals surface area (Å²) in [6.07, 6.45) is 7.31. The summed E-state index contributed by atoms with van der Waals surface area (Å²) in [6.45, 7) is 2.86. The van der Waals surface area contributed by atoms with Gasteiger partial charge in [0.2, 0.25) is 0 Å². The first-order valence-electron chi connectivity index (χ1n) is 7.80. The fourth-order valence-electron chi connectivity index (χ4n) is 3.26. The Hall–Kier alpha value is -2.34. The van der Waals surface area contributed by atoms with E-state index in [1.54, 1.807) is 12.4 Å². The van der Waals surface area contributed by atoms with E-state index in [0.717, 1.165) is 49.1 Å². The van der Waals surface area contributed by atoms with E-state index < -0.39 is 0 Å². The average Bonchev–Trinajstić information content (AvgIpc) is 2.99. The van der Waals surface area contributed by atoms with E-state index in [1.807, 2.05) is 12.4 Å². The monoisotopic (exact) mass is 312 g/mol. The summed E-state index contributed by atoms with van der Waals surface area (Å²) < 4.78 is 18.5. The van der Waals surface area contributed by atoms with Crippen molar-refractivity contribution in [3.8, 4) is 0 Å². The van der Waals surface area contributed by atoms with E-state index in [-0.39, 0.29) is 5.82 Å². The van der Waals surface area contributed by atoms with Gasteiger partial charge in [0.15, 0.2) is 5.58 Å². The second-order valence-electron chi connectivity index (χ2n) is 6.01. The van der Waals surface area contributed by atoms with Gasteiger partial charge >= 0.3 is 0 Å². The van der Waals surface area contributed by atoms with Crippen molar-refractivity contribution in [2.24, 2.45) is 0 Å². The van der Waals surface area contributed by atoms with Crippen LogP contribution in [-0.2, 0) is 6.54 Å². The molecular weight excluding hydrogens is 295 g/mol. The molecule has 0 spiro atoms. The Morgan fingerprint density at radius 1 is 1.17 bits per heavy atom. The van der Waals surface area contributed by atoms with Crippen LogP contribution in [0.1, 0.15) is 30.0 Å². The van der Waals surface area contributed by atoms with Crippen molar-refractivity contribution in [1.82, 2.24) is 20.0 Å². The topological polar surface area (TPSA) is 55.1 Å². The van der Waals surface area contributed by atoms with Gasteiger partial charge in [-0.2, -0.15) is 0 Å². The van der Waals surface area contributed by atoms with Crippen LogP contribution in [0.2, 0.25) is 0 Å². The molecular formula is C17H17FN4O. The van der Waals surface area contributed by atoms with Crippen molar-refractivity contribution >= 4 is 11.0 Å². The molecule has 5 nitrogen and oxygen atoms in total. The molecule has 1 saturated heterocycles. The average molecular weight is 312 g/mol. The van der Waals surface area contributed by atoms with Crippen molar-refractivity contribution in [1.29, 1.82) is 0 Å². The van der Waals surface area contributed by atoms with E-state index in [1.165, 1.54) is 12.1 Å². The highest BCUT2D eigenvalue weighted by Crippen LogP contribution is 2.33. The van der Waals surface area contributed by atoms with Gasteiger partial charge in [-0.1, -0.05) is 5.16 Å². The zero-order chi connectivity index (χ0) is 15.6. The van der Waals surface area contributed by atoms with Crippen LogP contribution < -0.4 is 0 Å². The van der Waals surface area contributed by atoms with Gasteiger partial charge < -0.3 is 4.52 Å². The number of piperidine rings is 1. The molecule has 0 radical (unpaired) electrons. The summed E-state index contributed by atoms with van der Waals surface area (Å²) in [5, 5.41) is 5.12. The maximum absolute atomic E-state index is 13.2. The number of aromatic nitrogens is 3. The number of halogens is 1. The predicted molar refractivity (Wildman–Crippen MR) is 83.3 cm³/mol. The Balaban J connectivity index is 1.44. The number of fused-ring (bicyclic) bond motifs is 1. The quantitative estimate of drug-likeness (QED) is 0.743. The fraction of sp³-hybridized carbons (Fsp3) is 0.353.